The van der Waals surface area contributed by atoms with Crippen LogP contribution in [0.4, 0.5) is 0 Å². The molecule has 3 heterocycles. The summed E-state index contributed by atoms with van der Waals surface area (Å²) in [5.74, 6) is 0.265. The van der Waals surface area contributed by atoms with Gasteiger partial charge < -0.3 is 9.80 Å². The van der Waals surface area contributed by atoms with Gasteiger partial charge in [-0.25, -0.2) is 0 Å². The zero-order valence-electron chi connectivity index (χ0n) is 12.6. The highest BCUT2D eigenvalue weighted by Crippen LogP contribution is 2.36. The molecular weight excluding hydrogens is 284 g/mol. The predicted octanol–water partition coefficient (Wildman–Crippen LogP) is 2.81. The van der Waals surface area contributed by atoms with E-state index in [0.717, 1.165) is 32.2 Å². The predicted molar refractivity (Wildman–Crippen MR) is 83.0 cm³/mol. The minimum absolute atomic E-state index is 0.0456. The van der Waals surface area contributed by atoms with Crippen molar-refractivity contribution in [2.45, 2.75) is 57.7 Å². The van der Waals surface area contributed by atoms with Crippen molar-refractivity contribution in [3.05, 3.63) is 22.4 Å². The van der Waals surface area contributed by atoms with E-state index in [4.69, 9.17) is 0 Å². The molecule has 2 aliphatic rings. The molecule has 0 bridgehead atoms. The summed E-state index contributed by atoms with van der Waals surface area (Å²) in [6.07, 6.45) is 3.68. The Kier molecular flexibility index (Phi) is 4.02. The summed E-state index contributed by atoms with van der Waals surface area (Å²) in [6.45, 7) is 4.75. The molecule has 0 aromatic carbocycles. The van der Waals surface area contributed by atoms with E-state index in [0.29, 0.717) is 0 Å². The second-order valence-electron chi connectivity index (χ2n) is 5.93. The number of thiophene rings is 1. The van der Waals surface area contributed by atoms with Crippen molar-refractivity contribution < 1.29 is 9.59 Å². The fourth-order valence-electron chi connectivity index (χ4n) is 3.61. The summed E-state index contributed by atoms with van der Waals surface area (Å²) in [5.41, 5.74) is 0. The Balaban J connectivity index is 1.94. The van der Waals surface area contributed by atoms with Crippen molar-refractivity contribution in [3.63, 3.8) is 0 Å². The minimum atomic E-state index is -0.342. The van der Waals surface area contributed by atoms with Gasteiger partial charge in [-0.1, -0.05) is 19.4 Å². The van der Waals surface area contributed by atoms with Gasteiger partial charge in [0.1, 0.15) is 12.1 Å². The van der Waals surface area contributed by atoms with Crippen molar-refractivity contribution in [1.29, 1.82) is 0 Å². The Labute approximate surface area is 129 Å². The zero-order chi connectivity index (χ0) is 15.0. The normalized spacial score (nSPS) is 27.1. The lowest BCUT2D eigenvalue weighted by Gasteiger charge is -2.44. The number of piperazine rings is 1. The van der Waals surface area contributed by atoms with Gasteiger partial charge in [0.05, 0.1) is 6.04 Å². The number of nitrogens with zero attached hydrogens (tertiary/aromatic N) is 2. The third kappa shape index (κ3) is 2.37. The van der Waals surface area contributed by atoms with Crippen molar-refractivity contribution >= 4 is 23.2 Å². The lowest BCUT2D eigenvalue weighted by molar-refractivity contribution is -0.161. The third-order valence-corrected chi connectivity index (χ3v) is 5.59. The molecule has 2 amide bonds. The summed E-state index contributed by atoms with van der Waals surface area (Å²) < 4.78 is 0. The lowest BCUT2D eigenvalue weighted by atomic mass is 10.00. The SMILES string of the molecule is CCCC(c1cccs1)N1C(=O)C2CCCN2C(=O)C1C. The number of fused-ring (bicyclic) bond motifs is 1. The maximum atomic E-state index is 12.9. The summed E-state index contributed by atoms with van der Waals surface area (Å²) >= 11 is 1.68. The molecule has 2 fully saturated rings. The van der Waals surface area contributed by atoms with E-state index in [1.165, 1.54) is 4.88 Å². The minimum Gasteiger partial charge on any atom is -0.329 e. The first-order chi connectivity index (χ1) is 10.1. The highest BCUT2D eigenvalue weighted by Gasteiger charge is 2.48. The van der Waals surface area contributed by atoms with Gasteiger partial charge in [-0.05, 0) is 37.6 Å². The number of carbonyl (C=O) groups excluding carboxylic acids is 2. The van der Waals surface area contributed by atoms with Crippen LogP contribution in [0.15, 0.2) is 17.5 Å². The van der Waals surface area contributed by atoms with Gasteiger partial charge >= 0.3 is 0 Å². The van der Waals surface area contributed by atoms with E-state index >= 15 is 0 Å². The van der Waals surface area contributed by atoms with Crippen LogP contribution in [0.5, 0.6) is 0 Å². The number of hydrogen-bond donors (Lipinski definition) is 0. The maximum absolute atomic E-state index is 12.9. The molecular formula is C16H22N2O2S. The topological polar surface area (TPSA) is 40.6 Å². The molecule has 0 N–H and O–H groups in total. The molecule has 21 heavy (non-hydrogen) atoms. The third-order valence-electron chi connectivity index (χ3n) is 4.62. The molecule has 4 nitrogen and oxygen atoms in total. The quantitative estimate of drug-likeness (QED) is 0.858. The van der Waals surface area contributed by atoms with E-state index in [9.17, 15) is 9.59 Å². The molecule has 0 saturated carbocycles. The zero-order valence-corrected chi connectivity index (χ0v) is 13.4. The van der Waals surface area contributed by atoms with Crippen LogP contribution in [0, 0.1) is 0 Å². The smallest absolute Gasteiger partial charge is 0.246 e. The number of carbonyl (C=O) groups is 2. The first kappa shape index (κ1) is 14.6. The molecule has 2 saturated heterocycles. The molecule has 0 aliphatic carbocycles. The van der Waals surface area contributed by atoms with Gasteiger partial charge in [0.25, 0.3) is 0 Å². The van der Waals surface area contributed by atoms with Gasteiger partial charge in [-0.2, -0.15) is 0 Å². The Hall–Kier alpha value is -1.36. The Morgan fingerprint density at radius 3 is 2.86 bits per heavy atom. The van der Waals surface area contributed by atoms with Crippen LogP contribution in [0.3, 0.4) is 0 Å². The molecule has 3 unspecified atom stereocenters. The van der Waals surface area contributed by atoms with Crippen molar-refractivity contribution in [1.82, 2.24) is 9.80 Å². The highest BCUT2D eigenvalue weighted by molar-refractivity contribution is 7.10. The second-order valence-corrected chi connectivity index (χ2v) is 6.91. The molecule has 5 heteroatoms. The molecule has 0 radical (unpaired) electrons. The van der Waals surface area contributed by atoms with Crippen LogP contribution >= 0.6 is 11.3 Å². The lowest BCUT2D eigenvalue weighted by Crippen LogP contribution is -2.62. The van der Waals surface area contributed by atoms with Crippen LogP contribution < -0.4 is 0 Å². The fourth-order valence-corrected chi connectivity index (χ4v) is 4.47. The van der Waals surface area contributed by atoms with Crippen molar-refractivity contribution in [3.8, 4) is 0 Å². The van der Waals surface area contributed by atoms with E-state index in [1.54, 1.807) is 16.2 Å². The van der Waals surface area contributed by atoms with E-state index in [1.807, 2.05) is 23.3 Å². The number of amides is 2. The monoisotopic (exact) mass is 306 g/mol. The molecule has 3 rings (SSSR count). The van der Waals surface area contributed by atoms with Gasteiger partial charge in [-0.3, -0.25) is 9.59 Å². The number of hydrogen-bond acceptors (Lipinski definition) is 3. The Bertz CT molecular complexity index is 528. The first-order valence-electron chi connectivity index (χ1n) is 7.81. The molecule has 2 aliphatic heterocycles. The molecule has 1 aromatic heterocycles. The summed E-state index contributed by atoms with van der Waals surface area (Å²) in [6, 6.07) is 3.59. The maximum Gasteiger partial charge on any atom is 0.246 e. The number of rotatable bonds is 4. The van der Waals surface area contributed by atoms with E-state index in [2.05, 4.69) is 13.0 Å². The van der Waals surface area contributed by atoms with E-state index < -0.39 is 0 Å². The summed E-state index contributed by atoms with van der Waals surface area (Å²) in [4.78, 5) is 30.3. The summed E-state index contributed by atoms with van der Waals surface area (Å²) in [5, 5.41) is 2.04. The van der Waals surface area contributed by atoms with Gasteiger partial charge in [0.15, 0.2) is 0 Å². The van der Waals surface area contributed by atoms with Gasteiger partial charge in [0.2, 0.25) is 11.8 Å². The van der Waals surface area contributed by atoms with Crippen LogP contribution in [0.1, 0.15) is 50.4 Å². The van der Waals surface area contributed by atoms with Crippen LogP contribution in [0.2, 0.25) is 0 Å². The molecule has 114 valence electrons. The van der Waals surface area contributed by atoms with Crippen LogP contribution in [0.25, 0.3) is 0 Å². The first-order valence-corrected chi connectivity index (χ1v) is 8.69. The molecule has 3 atom stereocenters. The van der Waals surface area contributed by atoms with Gasteiger partial charge in [-0.15, -0.1) is 11.3 Å². The summed E-state index contributed by atoms with van der Waals surface area (Å²) in [7, 11) is 0. The van der Waals surface area contributed by atoms with E-state index in [-0.39, 0.29) is 29.9 Å². The highest BCUT2D eigenvalue weighted by atomic mass is 32.1. The van der Waals surface area contributed by atoms with Crippen LogP contribution in [-0.2, 0) is 9.59 Å². The van der Waals surface area contributed by atoms with Crippen LogP contribution in [-0.4, -0.2) is 40.2 Å². The average molecular weight is 306 g/mol. The molecule has 1 aromatic rings. The van der Waals surface area contributed by atoms with Crippen molar-refractivity contribution in [2.24, 2.45) is 0 Å². The second kappa shape index (κ2) is 5.79. The fraction of sp³-hybridized carbons (Fsp3) is 0.625. The van der Waals surface area contributed by atoms with Crippen molar-refractivity contribution in [2.75, 3.05) is 6.54 Å². The Morgan fingerprint density at radius 1 is 1.38 bits per heavy atom. The average Bonchev–Trinajstić information content (AvgIpc) is 3.15. The Morgan fingerprint density at radius 2 is 2.19 bits per heavy atom. The standard InChI is InChI=1S/C16H22N2O2S/c1-3-6-12(14-8-5-10-21-14)18-11(2)15(19)17-9-4-7-13(17)16(18)20/h5,8,10-13H,3-4,6-7,9H2,1-2H3. The largest absolute Gasteiger partial charge is 0.329 e. The van der Waals surface area contributed by atoms with Gasteiger partial charge in [0, 0.05) is 11.4 Å². The molecule has 0 spiro atoms.